The highest BCUT2D eigenvalue weighted by Crippen LogP contribution is 2.19. The first-order valence-electron chi connectivity index (χ1n) is 3.60. The topological polar surface area (TPSA) is 29.4 Å². The Balaban J connectivity index is 2.21. The van der Waals surface area contributed by atoms with E-state index in [4.69, 9.17) is 11.6 Å². The van der Waals surface area contributed by atoms with Crippen molar-refractivity contribution in [2.24, 2.45) is 4.99 Å². The smallest absolute Gasteiger partial charge is 0.150 e. The number of hydrogen-bond donors (Lipinski definition) is 0. The summed E-state index contributed by atoms with van der Waals surface area (Å²) in [5.74, 6) is 0. The molecule has 1 heterocycles. The molecule has 0 spiro atoms. The second-order valence-corrected chi connectivity index (χ2v) is 3.04. The van der Waals surface area contributed by atoms with Crippen LogP contribution in [-0.2, 0) is 4.79 Å². The summed E-state index contributed by atoms with van der Waals surface area (Å²) in [6, 6.07) is 7.11. The lowest BCUT2D eigenvalue weighted by atomic mass is 10.1. The maximum atomic E-state index is 10.3. The monoisotopic (exact) mass is 179 g/mol. The maximum absolute atomic E-state index is 10.3. The number of halogens is 1. The standard InChI is InChI=1S/C9H6ClNO/c10-7-3-1-6(2-4-7)9-8(5-12)11-9/h1-5,8H. The zero-order chi connectivity index (χ0) is 8.55. The molecule has 0 aromatic heterocycles. The minimum Gasteiger partial charge on any atom is -0.301 e. The van der Waals surface area contributed by atoms with Crippen molar-refractivity contribution < 1.29 is 4.79 Å². The third kappa shape index (κ3) is 1.25. The number of carbonyl (C=O) groups is 1. The van der Waals surface area contributed by atoms with Crippen LogP contribution in [-0.4, -0.2) is 18.0 Å². The second-order valence-electron chi connectivity index (χ2n) is 2.60. The normalized spacial score (nSPS) is 20.1. The molecule has 0 saturated carbocycles. The molecule has 0 N–H and O–H groups in total. The summed E-state index contributed by atoms with van der Waals surface area (Å²) >= 11 is 5.70. The van der Waals surface area contributed by atoms with Crippen molar-refractivity contribution in [3.05, 3.63) is 34.9 Å². The average Bonchev–Trinajstić information content (AvgIpc) is 2.85. The van der Waals surface area contributed by atoms with Crippen LogP contribution >= 0.6 is 11.6 Å². The Labute approximate surface area is 74.9 Å². The molecule has 2 rings (SSSR count). The Hall–Kier alpha value is -1.15. The molecule has 1 unspecified atom stereocenters. The van der Waals surface area contributed by atoms with E-state index in [-0.39, 0.29) is 6.04 Å². The zero-order valence-electron chi connectivity index (χ0n) is 6.20. The van der Waals surface area contributed by atoms with E-state index in [0.29, 0.717) is 5.02 Å². The predicted molar refractivity (Wildman–Crippen MR) is 47.8 cm³/mol. The minimum absolute atomic E-state index is 0.203. The van der Waals surface area contributed by atoms with Crippen LogP contribution in [0, 0.1) is 0 Å². The maximum Gasteiger partial charge on any atom is 0.150 e. The Bertz CT molecular complexity index is 342. The second kappa shape index (κ2) is 2.72. The first-order valence-corrected chi connectivity index (χ1v) is 3.98. The number of aldehydes is 1. The molecule has 0 fully saturated rings. The van der Waals surface area contributed by atoms with Crippen molar-refractivity contribution >= 4 is 23.6 Å². The van der Waals surface area contributed by atoms with E-state index in [1.807, 2.05) is 12.1 Å². The highest BCUT2D eigenvalue weighted by atomic mass is 35.5. The number of nitrogens with zero attached hydrogens (tertiary/aromatic N) is 1. The highest BCUT2D eigenvalue weighted by molar-refractivity contribution is 6.31. The van der Waals surface area contributed by atoms with Crippen molar-refractivity contribution in [1.29, 1.82) is 0 Å². The van der Waals surface area contributed by atoms with Gasteiger partial charge in [-0.05, 0) is 17.7 Å². The van der Waals surface area contributed by atoms with E-state index in [0.717, 1.165) is 17.6 Å². The first kappa shape index (κ1) is 7.50. The fraction of sp³-hybridized carbons (Fsp3) is 0.111. The van der Waals surface area contributed by atoms with Crippen molar-refractivity contribution in [1.82, 2.24) is 0 Å². The van der Waals surface area contributed by atoms with Gasteiger partial charge in [-0.2, -0.15) is 0 Å². The number of hydrogen-bond acceptors (Lipinski definition) is 2. The SMILES string of the molecule is O=CC1N=C1c1ccc(Cl)cc1. The number of benzene rings is 1. The molecular weight excluding hydrogens is 174 g/mol. The van der Waals surface area contributed by atoms with E-state index in [9.17, 15) is 4.79 Å². The van der Waals surface area contributed by atoms with Crippen LogP contribution in [0.3, 0.4) is 0 Å². The third-order valence-electron chi connectivity index (χ3n) is 1.76. The molecule has 0 amide bonds. The number of rotatable bonds is 2. The Morgan fingerprint density at radius 2 is 2.00 bits per heavy atom. The number of carbonyl (C=O) groups excluding carboxylic acids is 1. The van der Waals surface area contributed by atoms with Gasteiger partial charge >= 0.3 is 0 Å². The number of aliphatic imine (C=N–C) groups is 1. The van der Waals surface area contributed by atoms with Crippen LogP contribution < -0.4 is 0 Å². The first-order chi connectivity index (χ1) is 5.81. The third-order valence-corrected chi connectivity index (χ3v) is 2.01. The van der Waals surface area contributed by atoms with Gasteiger partial charge in [0.05, 0.1) is 5.71 Å². The van der Waals surface area contributed by atoms with Gasteiger partial charge < -0.3 is 4.79 Å². The van der Waals surface area contributed by atoms with Crippen LogP contribution in [0.15, 0.2) is 29.3 Å². The highest BCUT2D eigenvalue weighted by Gasteiger charge is 2.27. The molecule has 3 heteroatoms. The summed E-state index contributed by atoms with van der Waals surface area (Å²) in [5, 5.41) is 0.697. The average molecular weight is 180 g/mol. The van der Waals surface area contributed by atoms with Crippen LogP contribution in [0.4, 0.5) is 0 Å². The van der Waals surface area contributed by atoms with E-state index < -0.39 is 0 Å². The van der Waals surface area contributed by atoms with Crippen molar-refractivity contribution in [3.8, 4) is 0 Å². The molecule has 1 aromatic carbocycles. The van der Waals surface area contributed by atoms with Crippen LogP contribution in [0.25, 0.3) is 0 Å². The van der Waals surface area contributed by atoms with Gasteiger partial charge in [-0.15, -0.1) is 0 Å². The minimum atomic E-state index is -0.203. The zero-order valence-corrected chi connectivity index (χ0v) is 6.95. The Kier molecular flexibility index (Phi) is 1.70. The van der Waals surface area contributed by atoms with E-state index >= 15 is 0 Å². The summed E-state index contributed by atoms with van der Waals surface area (Å²) in [6.45, 7) is 0. The van der Waals surface area contributed by atoms with Crippen LogP contribution in [0.1, 0.15) is 5.56 Å². The fourth-order valence-electron chi connectivity index (χ4n) is 1.07. The molecule has 1 aliphatic rings. The van der Waals surface area contributed by atoms with Crippen LogP contribution in [0.2, 0.25) is 5.02 Å². The fourth-order valence-corrected chi connectivity index (χ4v) is 1.20. The van der Waals surface area contributed by atoms with Gasteiger partial charge in [-0.1, -0.05) is 23.7 Å². The largest absolute Gasteiger partial charge is 0.301 e. The van der Waals surface area contributed by atoms with Gasteiger partial charge in [0.25, 0.3) is 0 Å². The molecule has 12 heavy (non-hydrogen) atoms. The summed E-state index contributed by atoms with van der Waals surface area (Å²) in [6.07, 6.45) is 0.837. The van der Waals surface area contributed by atoms with E-state index in [1.54, 1.807) is 12.1 Å². The molecule has 60 valence electrons. The molecular formula is C9H6ClNO. The van der Waals surface area contributed by atoms with E-state index in [2.05, 4.69) is 4.99 Å². The van der Waals surface area contributed by atoms with Gasteiger partial charge in [-0.25, -0.2) is 0 Å². The lowest BCUT2D eigenvalue weighted by molar-refractivity contribution is -0.107. The Morgan fingerprint density at radius 1 is 1.33 bits per heavy atom. The van der Waals surface area contributed by atoms with Gasteiger partial charge in [0, 0.05) is 5.02 Å². The molecule has 1 aliphatic heterocycles. The Morgan fingerprint density at radius 3 is 2.50 bits per heavy atom. The quantitative estimate of drug-likeness (QED) is 0.636. The van der Waals surface area contributed by atoms with Crippen LogP contribution in [0.5, 0.6) is 0 Å². The van der Waals surface area contributed by atoms with E-state index in [1.165, 1.54) is 0 Å². The molecule has 0 bridgehead atoms. The lowest BCUT2D eigenvalue weighted by Crippen LogP contribution is -1.99. The molecule has 1 aromatic rings. The molecule has 2 nitrogen and oxygen atoms in total. The van der Waals surface area contributed by atoms with Crippen molar-refractivity contribution in [3.63, 3.8) is 0 Å². The van der Waals surface area contributed by atoms with Gasteiger partial charge in [0.1, 0.15) is 6.04 Å². The summed E-state index contributed by atoms with van der Waals surface area (Å²) in [4.78, 5) is 14.3. The summed E-state index contributed by atoms with van der Waals surface area (Å²) in [5.41, 5.74) is 1.85. The van der Waals surface area contributed by atoms with Crippen molar-refractivity contribution in [2.45, 2.75) is 6.04 Å². The molecule has 0 radical (unpaired) electrons. The van der Waals surface area contributed by atoms with Gasteiger partial charge in [0.2, 0.25) is 0 Å². The molecule has 1 atom stereocenters. The lowest BCUT2D eigenvalue weighted by Gasteiger charge is -1.92. The molecule has 0 saturated heterocycles. The summed E-state index contributed by atoms with van der Waals surface area (Å²) in [7, 11) is 0. The summed E-state index contributed by atoms with van der Waals surface area (Å²) < 4.78 is 0. The molecule has 0 aliphatic carbocycles. The predicted octanol–water partition coefficient (Wildman–Crippen LogP) is 1.71. The van der Waals surface area contributed by atoms with Gasteiger partial charge in [-0.3, -0.25) is 4.99 Å². The van der Waals surface area contributed by atoms with Crippen molar-refractivity contribution in [2.75, 3.05) is 0 Å². The van der Waals surface area contributed by atoms with Gasteiger partial charge in [0.15, 0.2) is 6.29 Å².